The zero-order valence-electron chi connectivity index (χ0n) is 12.1. The van der Waals surface area contributed by atoms with Gasteiger partial charge in [0.1, 0.15) is 5.82 Å². The highest BCUT2D eigenvalue weighted by molar-refractivity contribution is 5.79. The number of nitrogens with two attached hydrogens (primary N) is 1. The molecule has 0 radical (unpaired) electrons. The van der Waals surface area contributed by atoms with E-state index in [0.29, 0.717) is 11.5 Å². The summed E-state index contributed by atoms with van der Waals surface area (Å²) >= 11 is 0. The molecule has 0 atom stereocenters. The van der Waals surface area contributed by atoms with E-state index in [-0.39, 0.29) is 0 Å². The number of benzene rings is 2. The molecule has 22 heavy (non-hydrogen) atoms. The van der Waals surface area contributed by atoms with Crippen LogP contribution in [-0.2, 0) is 0 Å². The van der Waals surface area contributed by atoms with E-state index in [1.165, 1.54) is 5.56 Å². The lowest BCUT2D eigenvalue weighted by atomic mass is 10.0. The predicted molar refractivity (Wildman–Crippen MR) is 88.3 cm³/mol. The lowest BCUT2D eigenvalue weighted by Gasteiger charge is -2.09. The molecule has 4 heteroatoms. The maximum atomic E-state index is 7.02. The van der Waals surface area contributed by atoms with Crippen LogP contribution in [-0.4, -0.2) is 9.97 Å². The first-order chi connectivity index (χ1) is 10.7. The van der Waals surface area contributed by atoms with E-state index >= 15 is 0 Å². The first kappa shape index (κ1) is 13.8. The Kier molecular flexibility index (Phi) is 3.55. The summed E-state index contributed by atoms with van der Waals surface area (Å²) in [6.45, 7) is 9.06. The van der Waals surface area contributed by atoms with Gasteiger partial charge in [0.25, 0.3) is 0 Å². The van der Waals surface area contributed by atoms with Gasteiger partial charge in [0.2, 0.25) is 0 Å². The minimum Gasteiger partial charge on any atom is -0.382 e. The average Bonchev–Trinajstić information content (AvgIpc) is 2.56. The van der Waals surface area contributed by atoms with Gasteiger partial charge in [0.05, 0.1) is 24.2 Å². The molecule has 0 aliphatic rings. The van der Waals surface area contributed by atoms with Crippen LogP contribution in [0.3, 0.4) is 0 Å². The lowest BCUT2D eigenvalue weighted by molar-refractivity contribution is 1.22. The van der Waals surface area contributed by atoms with Crippen LogP contribution in [0, 0.1) is 13.5 Å². The standard InChI is InChI=1S/C18H14N4/c1-12-3-5-14(6-4-12)18-17(21-11-16(19)22-18)13-7-9-15(20-2)10-8-13/h3-11H,1H3,(H2,19,22). The van der Waals surface area contributed by atoms with Crippen LogP contribution in [0.1, 0.15) is 5.56 Å². The third-order valence-electron chi connectivity index (χ3n) is 3.39. The molecule has 0 amide bonds. The molecule has 3 aromatic rings. The molecular formula is C18H14N4. The van der Waals surface area contributed by atoms with Gasteiger partial charge in [-0.15, -0.1) is 0 Å². The van der Waals surface area contributed by atoms with Gasteiger partial charge in [-0.25, -0.2) is 9.83 Å². The first-order valence-corrected chi connectivity index (χ1v) is 6.85. The van der Waals surface area contributed by atoms with Gasteiger partial charge >= 0.3 is 0 Å². The van der Waals surface area contributed by atoms with Gasteiger partial charge in [-0.05, 0) is 12.5 Å². The minimum absolute atomic E-state index is 0.386. The highest BCUT2D eigenvalue weighted by atomic mass is 14.9. The van der Waals surface area contributed by atoms with E-state index in [2.05, 4.69) is 14.8 Å². The van der Waals surface area contributed by atoms with E-state index in [9.17, 15) is 0 Å². The van der Waals surface area contributed by atoms with Crippen LogP contribution in [0.5, 0.6) is 0 Å². The molecule has 0 fully saturated rings. The maximum Gasteiger partial charge on any atom is 0.187 e. The van der Waals surface area contributed by atoms with E-state index in [4.69, 9.17) is 12.3 Å². The molecule has 3 rings (SSSR count). The Bertz CT molecular complexity index is 844. The molecule has 0 aliphatic carbocycles. The van der Waals surface area contributed by atoms with Gasteiger partial charge in [-0.1, -0.05) is 54.1 Å². The Morgan fingerprint density at radius 1 is 0.909 bits per heavy atom. The number of nitrogens with zero attached hydrogens (tertiary/aromatic N) is 3. The summed E-state index contributed by atoms with van der Waals surface area (Å²) in [4.78, 5) is 12.3. The van der Waals surface area contributed by atoms with Gasteiger partial charge < -0.3 is 5.73 Å². The fraction of sp³-hybridized carbons (Fsp3) is 0.0556. The van der Waals surface area contributed by atoms with Crippen molar-refractivity contribution in [3.63, 3.8) is 0 Å². The number of hydrogen-bond donors (Lipinski definition) is 1. The molecular weight excluding hydrogens is 272 g/mol. The Hall–Kier alpha value is -3.19. The van der Waals surface area contributed by atoms with Crippen molar-refractivity contribution < 1.29 is 0 Å². The molecule has 1 aromatic heterocycles. The Labute approximate surface area is 129 Å². The molecule has 0 bridgehead atoms. The summed E-state index contributed by atoms with van der Waals surface area (Å²) in [5, 5.41) is 0. The first-order valence-electron chi connectivity index (χ1n) is 6.85. The van der Waals surface area contributed by atoms with Crippen molar-refractivity contribution in [2.75, 3.05) is 5.73 Å². The monoisotopic (exact) mass is 286 g/mol. The topological polar surface area (TPSA) is 56.2 Å². The molecule has 106 valence electrons. The van der Waals surface area contributed by atoms with Crippen LogP contribution < -0.4 is 5.73 Å². The van der Waals surface area contributed by atoms with Crippen molar-refractivity contribution in [2.45, 2.75) is 6.92 Å². The zero-order valence-corrected chi connectivity index (χ0v) is 12.1. The Balaban J connectivity index is 2.15. The molecule has 0 saturated carbocycles. The molecule has 0 spiro atoms. The number of aryl methyl sites for hydroxylation is 1. The Morgan fingerprint density at radius 2 is 1.50 bits per heavy atom. The van der Waals surface area contributed by atoms with Crippen molar-refractivity contribution in [2.24, 2.45) is 0 Å². The highest BCUT2D eigenvalue weighted by Gasteiger charge is 2.11. The van der Waals surface area contributed by atoms with Crippen molar-refractivity contribution in [1.82, 2.24) is 9.97 Å². The molecule has 0 saturated heterocycles. The second kappa shape index (κ2) is 5.66. The SMILES string of the molecule is [C-]#[N+]c1ccc(-c2ncc(N)nc2-c2ccc(C)cc2)cc1. The summed E-state index contributed by atoms with van der Waals surface area (Å²) in [7, 11) is 0. The average molecular weight is 286 g/mol. The van der Waals surface area contributed by atoms with Crippen LogP contribution in [0.15, 0.2) is 54.7 Å². The van der Waals surface area contributed by atoms with Gasteiger partial charge in [-0.2, -0.15) is 0 Å². The lowest BCUT2D eigenvalue weighted by Crippen LogP contribution is -1.98. The van der Waals surface area contributed by atoms with Crippen LogP contribution in [0.25, 0.3) is 27.4 Å². The summed E-state index contributed by atoms with van der Waals surface area (Å²) in [5.41, 5.74) is 11.0. The predicted octanol–water partition coefficient (Wildman–Crippen LogP) is 4.25. The summed E-state index contributed by atoms with van der Waals surface area (Å²) in [6.07, 6.45) is 1.55. The highest BCUT2D eigenvalue weighted by Crippen LogP contribution is 2.30. The number of hydrogen-bond acceptors (Lipinski definition) is 3. The summed E-state index contributed by atoms with van der Waals surface area (Å²) in [6, 6.07) is 15.4. The fourth-order valence-electron chi connectivity index (χ4n) is 2.22. The van der Waals surface area contributed by atoms with Crippen LogP contribution in [0.4, 0.5) is 11.5 Å². The van der Waals surface area contributed by atoms with Crippen molar-refractivity contribution >= 4 is 11.5 Å². The van der Waals surface area contributed by atoms with Gasteiger partial charge in [0.15, 0.2) is 5.69 Å². The number of aromatic nitrogens is 2. The van der Waals surface area contributed by atoms with E-state index in [0.717, 1.165) is 22.5 Å². The summed E-state index contributed by atoms with van der Waals surface area (Å²) < 4.78 is 0. The molecule has 2 aromatic carbocycles. The minimum atomic E-state index is 0.386. The van der Waals surface area contributed by atoms with E-state index in [1.54, 1.807) is 18.3 Å². The van der Waals surface area contributed by atoms with E-state index in [1.807, 2.05) is 43.3 Å². The normalized spacial score (nSPS) is 10.2. The number of anilines is 1. The van der Waals surface area contributed by atoms with Crippen molar-refractivity contribution in [3.05, 3.63) is 71.7 Å². The second-order valence-electron chi connectivity index (χ2n) is 5.02. The molecule has 1 heterocycles. The second-order valence-corrected chi connectivity index (χ2v) is 5.02. The molecule has 0 unspecified atom stereocenters. The smallest absolute Gasteiger partial charge is 0.187 e. The Morgan fingerprint density at radius 3 is 2.14 bits per heavy atom. The van der Waals surface area contributed by atoms with Gasteiger partial charge in [0, 0.05) is 5.56 Å². The van der Waals surface area contributed by atoms with Crippen LogP contribution in [0.2, 0.25) is 0 Å². The van der Waals surface area contributed by atoms with E-state index < -0.39 is 0 Å². The summed E-state index contributed by atoms with van der Waals surface area (Å²) in [5.74, 6) is 0.386. The molecule has 2 N–H and O–H groups in total. The maximum absolute atomic E-state index is 7.02. The number of rotatable bonds is 2. The largest absolute Gasteiger partial charge is 0.382 e. The zero-order chi connectivity index (χ0) is 15.5. The fourth-order valence-corrected chi connectivity index (χ4v) is 2.22. The number of nitrogen functional groups attached to an aromatic ring is 1. The van der Waals surface area contributed by atoms with Gasteiger partial charge in [-0.3, -0.25) is 4.98 Å². The quantitative estimate of drug-likeness (QED) is 0.716. The van der Waals surface area contributed by atoms with Crippen LogP contribution >= 0.6 is 0 Å². The van der Waals surface area contributed by atoms with Crippen molar-refractivity contribution in [3.8, 4) is 22.5 Å². The third kappa shape index (κ3) is 2.65. The molecule has 0 aliphatic heterocycles. The van der Waals surface area contributed by atoms with Crippen molar-refractivity contribution in [1.29, 1.82) is 0 Å². The molecule has 4 nitrogen and oxygen atoms in total. The third-order valence-corrected chi connectivity index (χ3v) is 3.39.